The molecule has 194 valence electrons. The number of carbonyl (C=O) groups is 3. The second-order valence-electron chi connectivity index (χ2n) is 7.91. The standard InChI is InChI=1S/C27H33NO7S/c1-6-36(32)18-21-9-7-8-10-22(21)26(30)28(25(29)14-11-19(2)27(31)35-5)16-15-20-12-13-23(33-3)24(17-20)34-4/h7-10,12-13,17H,2,6,11,14-16,18H2,1,3-5H3. The van der Waals surface area contributed by atoms with Gasteiger partial charge in [-0.25, -0.2) is 4.79 Å². The van der Waals surface area contributed by atoms with E-state index in [1.807, 2.05) is 13.0 Å². The minimum atomic E-state index is -1.13. The summed E-state index contributed by atoms with van der Waals surface area (Å²) >= 11 is 0. The maximum Gasteiger partial charge on any atom is 0.333 e. The van der Waals surface area contributed by atoms with E-state index < -0.39 is 28.6 Å². The Labute approximate surface area is 214 Å². The first-order valence-corrected chi connectivity index (χ1v) is 13.0. The van der Waals surface area contributed by atoms with Crippen molar-refractivity contribution in [2.75, 3.05) is 33.6 Å². The maximum absolute atomic E-state index is 13.6. The molecule has 2 aromatic carbocycles. The molecule has 9 heteroatoms. The minimum absolute atomic E-state index is 0.0626. The van der Waals surface area contributed by atoms with Gasteiger partial charge in [-0.05, 0) is 42.2 Å². The Bertz CT molecular complexity index is 1130. The number of hydrogen-bond acceptors (Lipinski definition) is 7. The highest BCUT2D eigenvalue weighted by Gasteiger charge is 2.25. The van der Waals surface area contributed by atoms with Crippen molar-refractivity contribution in [3.8, 4) is 11.5 Å². The molecular formula is C27H33NO7S. The summed E-state index contributed by atoms with van der Waals surface area (Å²) in [6.45, 7) is 5.57. The number of benzene rings is 2. The molecule has 2 amide bonds. The zero-order valence-electron chi connectivity index (χ0n) is 21.2. The molecule has 8 nitrogen and oxygen atoms in total. The summed E-state index contributed by atoms with van der Waals surface area (Å²) in [4.78, 5) is 39.7. The van der Waals surface area contributed by atoms with Gasteiger partial charge in [0.05, 0.1) is 21.3 Å². The van der Waals surface area contributed by atoms with Crippen molar-refractivity contribution in [1.82, 2.24) is 4.90 Å². The van der Waals surface area contributed by atoms with E-state index in [2.05, 4.69) is 11.3 Å². The molecule has 0 aliphatic carbocycles. The van der Waals surface area contributed by atoms with Crippen LogP contribution >= 0.6 is 0 Å². The summed E-state index contributed by atoms with van der Waals surface area (Å²) in [7, 11) is 3.19. The third-order valence-electron chi connectivity index (χ3n) is 5.62. The summed E-state index contributed by atoms with van der Waals surface area (Å²) in [5, 5.41) is 0. The third-order valence-corrected chi connectivity index (χ3v) is 6.90. The molecule has 0 saturated heterocycles. The Morgan fingerprint density at radius 2 is 1.67 bits per heavy atom. The van der Waals surface area contributed by atoms with Crippen LogP contribution in [0.4, 0.5) is 0 Å². The molecule has 0 bridgehead atoms. The van der Waals surface area contributed by atoms with Crippen LogP contribution in [0.2, 0.25) is 0 Å². The van der Waals surface area contributed by atoms with E-state index in [9.17, 15) is 18.6 Å². The number of rotatable bonds is 13. The number of esters is 1. The Hall–Kier alpha value is -3.46. The monoisotopic (exact) mass is 515 g/mol. The molecular weight excluding hydrogens is 482 g/mol. The van der Waals surface area contributed by atoms with Gasteiger partial charge >= 0.3 is 5.97 Å². The molecule has 0 heterocycles. The van der Waals surface area contributed by atoms with Gasteiger partial charge in [0.1, 0.15) is 0 Å². The average Bonchev–Trinajstić information content (AvgIpc) is 2.90. The summed E-state index contributed by atoms with van der Waals surface area (Å²) < 4.78 is 27.5. The molecule has 36 heavy (non-hydrogen) atoms. The number of ether oxygens (including phenoxy) is 3. The Balaban J connectivity index is 2.32. The predicted octanol–water partition coefficient (Wildman–Crippen LogP) is 3.69. The molecule has 1 unspecified atom stereocenters. The fourth-order valence-corrected chi connectivity index (χ4v) is 4.33. The van der Waals surface area contributed by atoms with Crippen LogP contribution in [0.5, 0.6) is 11.5 Å². The first-order valence-electron chi connectivity index (χ1n) is 11.5. The SMILES string of the molecule is C=C(CCC(=O)N(CCc1ccc(OC)c(OC)c1)C(=O)c1ccccc1CS(=O)CC)C(=O)OC. The molecule has 0 fully saturated rings. The van der Waals surface area contributed by atoms with E-state index in [4.69, 9.17) is 9.47 Å². The van der Waals surface area contributed by atoms with Gasteiger partial charge in [-0.1, -0.05) is 37.8 Å². The quantitative estimate of drug-likeness (QED) is 0.296. The minimum Gasteiger partial charge on any atom is -0.493 e. The van der Waals surface area contributed by atoms with E-state index in [-0.39, 0.29) is 30.7 Å². The number of hydrogen-bond donors (Lipinski definition) is 0. The maximum atomic E-state index is 13.6. The normalized spacial score (nSPS) is 11.3. The number of carbonyl (C=O) groups excluding carboxylic acids is 3. The number of methoxy groups -OCH3 is 3. The van der Waals surface area contributed by atoms with Crippen LogP contribution in [0, 0.1) is 0 Å². The van der Waals surface area contributed by atoms with Crippen LogP contribution in [-0.4, -0.2) is 60.5 Å². The molecule has 2 aromatic rings. The van der Waals surface area contributed by atoms with Crippen LogP contribution in [0.1, 0.15) is 41.3 Å². The summed E-state index contributed by atoms with van der Waals surface area (Å²) in [5.41, 5.74) is 1.94. The summed E-state index contributed by atoms with van der Waals surface area (Å²) in [5.74, 6) is 0.267. The zero-order chi connectivity index (χ0) is 26.7. The average molecular weight is 516 g/mol. The molecule has 0 radical (unpaired) electrons. The van der Waals surface area contributed by atoms with Gasteiger partial charge in [0.25, 0.3) is 5.91 Å². The molecule has 0 spiro atoms. The largest absolute Gasteiger partial charge is 0.493 e. The highest BCUT2D eigenvalue weighted by atomic mass is 32.2. The number of imide groups is 1. The predicted molar refractivity (Wildman–Crippen MR) is 139 cm³/mol. The van der Waals surface area contributed by atoms with Crippen molar-refractivity contribution < 1.29 is 32.8 Å². The Kier molecular flexibility index (Phi) is 11.3. The van der Waals surface area contributed by atoms with Gasteiger partial charge in [0.2, 0.25) is 5.91 Å². The zero-order valence-corrected chi connectivity index (χ0v) is 22.0. The molecule has 2 rings (SSSR count). The smallest absolute Gasteiger partial charge is 0.333 e. The number of amides is 2. The van der Waals surface area contributed by atoms with Crippen LogP contribution in [0.3, 0.4) is 0 Å². The second-order valence-corrected chi connectivity index (χ2v) is 9.66. The van der Waals surface area contributed by atoms with Crippen molar-refractivity contribution in [3.05, 3.63) is 71.3 Å². The molecule has 0 aliphatic heterocycles. The van der Waals surface area contributed by atoms with Gasteiger partial charge in [0.15, 0.2) is 11.5 Å². The molecule has 0 saturated carbocycles. The highest BCUT2D eigenvalue weighted by Crippen LogP contribution is 2.28. The van der Waals surface area contributed by atoms with Crippen LogP contribution < -0.4 is 9.47 Å². The van der Waals surface area contributed by atoms with Crippen LogP contribution in [0.15, 0.2) is 54.6 Å². The lowest BCUT2D eigenvalue weighted by Gasteiger charge is -2.23. The Morgan fingerprint density at radius 3 is 2.31 bits per heavy atom. The molecule has 0 N–H and O–H groups in total. The first kappa shape index (κ1) is 28.8. The van der Waals surface area contributed by atoms with E-state index in [1.54, 1.807) is 43.5 Å². The Morgan fingerprint density at radius 1 is 0.972 bits per heavy atom. The first-order chi connectivity index (χ1) is 17.2. The van der Waals surface area contributed by atoms with Crippen molar-refractivity contribution in [1.29, 1.82) is 0 Å². The van der Waals surface area contributed by atoms with Crippen molar-refractivity contribution >= 4 is 28.6 Å². The van der Waals surface area contributed by atoms with Crippen molar-refractivity contribution in [3.63, 3.8) is 0 Å². The molecule has 1 atom stereocenters. The van der Waals surface area contributed by atoms with Crippen LogP contribution in [-0.2, 0) is 37.3 Å². The van der Waals surface area contributed by atoms with Gasteiger partial charge in [-0.3, -0.25) is 18.7 Å². The van der Waals surface area contributed by atoms with Gasteiger partial charge in [-0.2, -0.15) is 0 Å². The van der Waals surface area contributed by atoms with E-state index >= 15 is 0 Å². The lowest BCUT2D eigenvalue weighted by molar-refractivity contribution is -0.136. The van der Waals surface area contributed by atoms with E-state index in [0.29, 0.717) is 34.8 Å². The van der Waals surface area contributed by atoms with E-state index in [1.165, 1.54) is 19.1 Å². The number of nitrogens with zero attached hydrogens (tertiary/aromatic N) is 1. The van der Waals surface area contributed by atoms with Gasteiger partial charge < -0.3 is 14.2 Å². The second kappa shape index (κ2) is 14.2. The fraction of sp³-hybridized carbons (Fsp3) is 0.370. The van der Waals surface area contributed by atoms with Crippen molar-refractivity contribution in [2.24, 2.45) is 0 Å². The topological polar surface area (TPSA) is 99.2 Å². The summed E-state index contributed by atoms with van der Waals surface area (Å²) in [6, 6.07) is 12.3. The lowest BCUT2D eigenvalue weighted by Crippen LogP contribution is -2.39. The summed E-state index contributed by atoms with van der Waals surface area (Å²) in [6.07, 6.45) is 0.348. The van der Waals surface area contributed by atoms with Gasteiger partial charge in [0, 0.05) is 46.4 Å². The third kappa shape index (κ3) is 7.78. The fourth-order valence-electron chi connectivity index (χ4n) is 3.53. The molecule has 0 aromatic heterocycles. The van der Waals surface area contributed by atoms with Gasteiger partial charge in [-0.15, -0.1) is 0 Å². The molecule has 0 aliphatic rings. The van der Waals surface area contributed by atoms with Crippen LogP contribution in [0.25, 0.3) is 0 Å². The highest BCUT2D eigenvalue weighted by molar-refractivity contribution is 7.84. The lowest BCUT2D eigenvalue weighted by atomic mass is 10.1. The van der Waals surface area contributed by atoms with E-state index in [0.717, 1.165) is 5.56 Å². The van der Waals surface area contributed by atoms with Crippen molar-refractivity contribution in [2.45, 2.75) is 31.9 Å².